The smallest absolute Gasteiger partial charge is 0.251 e. The second-order valence-electron chi connectivity index (χ2n) is 7.31. The number of hydrogen-bond donors (Lipinski definition) is 2. The summed E-state index contributed by atoms with van der Waals surface area (Å²) in [5, 5.41) is 3.01. The Morgan fingerprint density at radius 1 is 1.14 bits per heavy atom. The number of amides is 1. The molecule has 1 saturated heterocycles. The van der Waals surface area contributed by atoms with Gasteiger partial charge in [0.15, 0.2) is 0 Å². The molecule has 2 aromatic rings. The van der Waals surface area contributed by atoms with Gasteiger partial charge in [0.25, 0.3) is 5.91 Å². The summed E-state index contributed by atoms with van der Waals surface area (Å²) >= 11 is 0. The highest BCUT2D eigenvalue weighted by atomic mass is 16.1. The van der Waals surface area contributed by atoms with E-state index in [9.17, 15) is 4.79 Å². The maximum absolute atomic E-state index is 12.4. The van der Waals surface area contributed by atoms with Gasteiger partial charge in [0.1, 0.15) is 5.84 Å². The summed E-state index contributed by atoms with van der Waals surface area (Å²) in [4.78, 5) is 25.4. The molecule has 1 amide bonds. The van der Waals surface area contributed by atoms with Crippen LogP contribution in [-0.4, -0.2) is 54.4 Å². The number of carbonyl (C=O) groups is 1. The maximum Gasteiger partial charge on any atom is 0.251 e. The number of rotatable bonds is 6. The summed E-state index contributed by atoms with van der Waals surface area (Å²) in [5.41, 5.74) is 9.44. The van der Waals surface area contributed by atoms with Crippen LogP contribution >= 0.6 is 0 Å². The number of benzene rings is 1. The molecule has 3 N–H and O–H groups in total. The van der Waals surface area contributed by atoms with Gasteiger partial charge in [-0.1, -0.05) is 12.1 Å². The number of aliphatic imine (C=N–C) groups is 1. The molecule has 0 radical (unpaired) electrons. The molecule has 0 bridgehead atoms. The first kappa shape index (κ1) is 19.1. The summed E-state index contributed by atoms with van der Waals surface area (Å²) in [6, 6.07) is 11.5. The number of pyridine rings is 1. The van der Waals surface area contributed by atoms with Crippen LogP contribution in [0.2, 0.25) is 0 Å². The van der Waals surface area contributed by atoms with Crippen molar-refractivity contribution in [3.05, 3.63) is 66.1 Å². The summed E-state index contributed by atoms with van der Waals surface area (Å²) in [6.07, 6.45) is 7.82. The number of nitrogens with two attached hydrogens (primary N) is 1. The fourth-order valence-corrected chi connectivity index (χ4v) is 3.70. The average Bonchev–Trinajstić information content (AvgIpc) is 3.28. The van der Waals surface area contributed by atoms with E-state index in [-0.39, 0.29) is 5.91 Å². The molecule has 1 fully saturated rings. The van der Waals surface area contributed by atoms with E-state index in [0.29, 0.717) is 24.5 Å². The van der Waals surface area contributed by atoms with Gasteiger partial charge >= 0.3 is 0 Å². The minimum Gasteiger partial charge on any atom is -0.386 e. The second-order valence-corrected chi connectivity index (χ2v) is 7.31. The molecule has 0 aliphatic carbocycles. The zero-order chi connectivity index (χ0) is 20.1. The van der Waals surface area contributed by atoms with Gasteiger partial charge in [-0.25, -0.2) is 4.99 Å². The van der Waals surface area contributed by atoms with Crippen molar-refractivity contribution in [1.82, 2.24) is 15.2 Å². The molecule has 4 rings (SSSR count). The van der Waals surface area contributed by atoms with Crippen LogP contribution in [0.15, 0.2) is 60.0 Å². The highest BCUT2D eigenvalue weighted by Crippen LogP contribution is 2.27. The molecule has 1 aromatic heterocycles. The number of nitrogens with one attached hydrogen (secondary N) is 1. The SMILES string of the molecule is NC1=NC=C(c2ccc(C(=O)NCCN3CCCC3)cc2)N(c2cccnc2)C1. The van der Waals surface area contributed by atoms with Crippen LogP contribution in [0, 0.1) is 0 Å². The number of nitrogens with zero attached hydrogens (tertiary/aromatic N) is 4. The van der Waals surface area contributed by atoms with Gasteiger partial charge in [-0.3, -0.25) is 9.78 Å². The number of hydrogen-bond acceptors (Lipinski definition) is 6. The molecule has 0 spiro atoms. The van der Waals surface area contributed by atoms with Gasteiger partial charge in [-0.2, -0.15) is 0 Å². The molecule has 0 atom stereocenters. The summed E-state index contributed by atoms with van der Waals surface area (Å²) in [7, 11) is 0. The van der Waals surface area contributed by atoms with Gasteiger partial charge in [0.2, 0.25) is 0 Å². The maximum atomic E-state index is 12.4. The highest BCUT2D eigenvalue weighted by Gasteiger charge is 2.19. The lowest BCUT2D eigenvalue weighted by atomic mass is 10.1. The number of likely N-dealkylation sites (tertiary alicyclic amines) is 1. The highest BCUT2D eigenvalue weighted by molar-refractivity contribution is 5.96. The second kappa shape index (κ2) is 8.87. The number of anilines is 1. The molecule has 150 valence electrons. The Balaban J connectivity index is 1.44. The predicted octanol–water partition coefficient (Wildman–Crippen LogP) is 2.08. The van der Waals surface area contributed by atoms with Gasteiger partial charge < -0.3 is 20.9 Å². The fraction of sp³-hybridized carbons (Fsp3) is 0.318. The van der Waals surface area contributed by atoms with Crippen LogP contribution in [0.5, 0.6) is 0 Å². The number of carbonyl (C=O) groups excluding carboxylic acids is 1. The Bertz CT molecular complexity index is 901. The molecular weight excluding hydrogens is 364 g/mol. The van der Waals surface area contributed by atoms with Crippen LogP contribution in [0.4, 0.5) is 5.69 Å². The van der Waals surface area contributed by atoms with Crippen LogP contribution in [0.1, 0.15) is 28.8 Å². The summed E-state index contributed by atoms with van der Waals surface area (Å²) < 4.78 is 0. The molecule has 7 heteroatoms. The minimum absolute atomic E-state index is 0.0419. The number of amidine groups is 1. The third kappa shape index (κ3) is 4.63. The molecule has 3 heterocycles. The summed E-state index contributed by atoms with van der Waals surface area (Å²) in [6.45, 7) is 4.36. The van der Waals surface area contributed by atoms with E-state index < -0.39 is 0 Å². The van der Waals surface area contributed by atoms with Crippen LogP contribution in [0.3, 0.4) is 0 Å². The van der Waals surface area contributed by atoms with Crippen molar-refractivity contribution in [2.45, 2.75) is 12.8 Å². The van der Waals surface area contributed by atoms with Crippen LogP contribution in [-0.2, 0) is 0 Å². The van der Waals surface area contributed by atoms with Crippen molar-refractivity contribution in [3.63, 3.8) is 0 Å². The van der Waals surface area contributed by atoms with Crippen LogP contribution < -0.4 is 16.0 Å². The molecule has 29 heavy (non-hydrogen) atoms. The monoisotopic (exact) mass is 390 g/mol. The van der Waals surface area contributed by atoms with Crippen molar-refractivity contribution >= 4 is 23.1 Å². The Hall–Kier alpha value is -3.19. The first-order chi connectivity index (χ1) is 14.2. The van der Waals surface area contributed by atoms with Crippen LogP contribution in [0.25, 0.3) is 5.70 Å². The van der Waals surface area contributed by atoms with E-state index in [0.717, 1.165) is 36.6 Å². The first-order valence-corrected chi connectivity index (χ1v) is 10.0. The van der Waals surface area contributed by atoms with Gasteiger partial charge in [-0.15, -0.1) is 0 Å². The molecule has 0 unspecified atom stereocenters. The van der Waals surface area contributed by atoms with Crippen molar-refractivity contribution in [3.8, 4) is 0 Å². The Kier molecular flexibility index (Phi) is 5.86. The lowest BCUT2D eigenvalue weighted by molar-refractivity contribution is 0.0950. The Morgan fingerprint density at radius 3 is 2.66 bits per heavy atom. The van der Waals surface area contributed by atoms with E-state index in [1.54, 1.807) is 18.6 Å². The van der Waals surface area contributed by atoms with Crippen molar-refractivity contribution in [2.75, 3.05) is 37.6 Å². The molecule has 7 nitrogen and oxygen atoms in total. The van der Waals surface area contributed by atoms with Crippen molar-refractivity contribution < 1.29 is 4.79 Å². The quantitative estimate of drug-likeness (QED) is 0.789. The lowest BCUT2D eigenvalue weighted by Gasteiger charge is -2.29. The third-order valence-corrected chi connectivity index (χ3v) is 5.28. The number of aromatic nitrogens is 1. The van der Waals surface area contributed by atoms with E-state index in [2.05, 4.69) is 25.1 Å². The first-order valence-electron chi connectivity index (χ1n) is 10.0. The molecule has 2 aliphatic heterocycles. The van der Waals surface area contributed by atoms with E-state index in [4.69, 9.17) is 5.73 Å². The van der Waals surface area contributed by atoms with E-state index in [1.807, 2.05) is 36.4 Å². The Morgan fingerprint density at radius 2 is 1.93 bits per heavy atom. The molecular formula is C22H26N6O. The minimum atomic E-state index is -0.0419. The van der Waals surface area contributed by atoms with Crippen molar-refractivity contribution in [1.29, 1.82) is 0 Å². The zero-order valence-corrected chi connectivity index (χ0v) is 16.4. The normalized spacial score (nSPS) is 17.0. The Labute approximate surface area is 170 Å². The summed E-state index contributed by atoms with van der Waals surface area (Å²) in [5.74, 6) is 0.506. The zero-order valence-electron chi connectivity index (χ0n) is 16.4. The lowest BCUT2D eigenvalue weighted by Crippen LogP contribution is -2.35. The molecule has 2 aliphatic rings. The van der Waals surface area contributed by atoms with Gasteiger partial charge in [-0.05, 0) is 55.8 Å². The predicted molar refractivity (Wildman–Crippen MR) is 116 cm³/mol. The van der Waals surface area contributed by atoms with E-state index in [1.165, 1.54) is 12.8 Å². The van der Waals surface area contributed by atoms with E-state index >= 15 is 0 Å². The fourth-order valence-electron chi connectivity index (χ4n) is 3.70. The van der Waals surface area contributed by atoms with Gasteiger partial charge in [0.05, 0.1) is 30.3 Å². The molecule has 1 aromatic carbocycles. The molecule has 0 saturated carbocycles. The largest absolute Gasteiger partial charge is 0.386 e. The third-order valence-electron chi connectivity index (χ3n) is 5.28. The standard InChI is InChI=1S/C22H26N6O/c23-21-16-28(19-4-3-9-24-14-19)20(15-26-21)17-5-7-18(8-6-17)22(29)25-10-13-27-11-1-2-12-27/h3-9,14-15H,1-2,10-13,16H2,(H2,23,26)(H,25,29). The van der Waals surface area contributed by atoms with Gasteiger partial charge in [0, 0.05) is 24.8 Å². The topological polar surface area (TPSA) is 86.8 Å². The van der Waals surface area contributed by atoms with Crippen molar-refractivity contribution in [2.24, 2.45) is 10.7 Å². The average molecular weight is 390 g/mol.